The maximum absolute atomic E-state index is 13.0. The molecule has 1 aromatic heterocycles. The number of nitrogens with two attached hydrogens (primary N) is 1. The van der Waals surface area contributed by atoms with Crippen LogP contribution in [0.3, 0.4) is 0 Å². The highest BCUT2D eigenvalue weighted by atomic mass is 19.3. The predicted molar refractivity (Wildman–Crippen MR) is 60.9 cm³/mol. The van der Waals surface area contributed by atoms with Gasteiger partial charge in [-0.3, -0.25) is 10.1 Å². The van der Waals surface area contributed by atoms with Crippen molar-refractivity contribution in [1.82, 2.24) is 10.3 Å². The highest BCUT2D eigenvalue weighted by Gasteiger charge is 2.27. The molecule has 10 heteroatoms. The number of rotatable bonds is 5. The van der Waals surface area contributed by atoms with E-state index >= 15 is 0 Å². The molecule has 1 heterocycles. The maximum atomic E-state index is 13.0. The van der Waals surface area contributed by atoms with Crippen LogP contribution < -0.4 is 11.1 Å². The molecule has 2 rings (SSSR count). The molecular formula is C9H9F2N5O3. The fourth-order valence-electron chi connectivity index (χ4n) is 1.44. The number of anilines is 1. The molecular weight excluding hydrogens is 264 g/mol. The minimum absolute atomic E-state index is 0.0158. The summed E-state index contributed by atoms with van der Waals surface area (Å²) in [6.07, 6.45) is 0. The molecule has 0 fully saturated rings. The number of aromatic nitrogens is 2. The second-order valence-electron chi connectivity index (χ2n) is 3.76. The van der Waals surface area contributed by atoms with E-state index in [0.29, 0.717) is 0 Å². The normalized spacial score (nSPS) is 11.7. The van der Waals surface area contributed by atoms with Gasteiger partial charge in [-0.25, -0.2) is 13.4 Å². The summed E-state index contributed by atoms with van der Waals surface area (Å²) in [5.74, 6) is -3.09. The summed E-state index contributed by atoms with van der Waals surface area (Å²) in [6.45, 7) is -1.53. The number of nitro groups is 1. The zero-order valence-corrected chi connectivity index (χ0v) is 9.47. The van der Waals surface area contributed by atoms with Gasteiger partial charge in [0, 0.05) is 6.07 Å². The van der Waals surface area contributed by atoms with Gasteiger partial charge in [0.05, 0.1) is 23.7 Å². The maximum Gasteiger partial charge on any atom is 0.300 e. The van der Waals surface area contributed by atoms with Crippen LogP contribution in [0.25, 0.3) is 11.0 Å². The Kier molecular flexibility index (Phi) is 3.25. The van der Waals surface area contributed by atoms with E-state index in [-0.39, 0.29) is 22.4 Å². The first kappa shape index (κ1) is 13.1. The Hall–Kier alpha value is -2.36. The third kappa shape index (κ3) is 2.57. The van der Waals surface area contributed by atoms with Gasteiger partial charge in [0.25, 0.3) is 5.92 Å². The standard InChI is InChI=1S/C9H9F2N5O3/c10-9(11,3-12)4-13-5-1-2-6(16(17)18)8-7(5)14-19-15-8/h1-2,13H,3-4,12H2. The van der Waals surface area contributed by atoms with E-state index in [1.54, 1.807) is 0 Å². The van der Waals surface area contributed by atoms with Gasteiger partial charge in [0.15, 0.2) is 5.52 Å². The lowest BCUT2D eigenvalue weighted by Gasteiger charge is -2.15. The van der Waals surface area contributed by atoms with E-state index in [1.807, 2.05) is 0 Å². The number of benzene rings is 1. The topological polar surface area (TPSA) is 120 Å². The van der Waals surface area contributed by atoms with Crippen molar-refractivity contribution in [3.63, 3.8) is 0 Å². The minimum Gasteiger partial charge on any atom is -0.377 e. The Bertz CT molecular complexity index is 615. The van der Waals surface area contributed by atoms with Crippen molar-refractivity contribution < 1.29 is 18.3 Å². The van der Waals surface area contributed by atoms with E-state index < -0.39 is 23.9 Å². The number of alkyl halides is 2. The molecule has 0 atom stereocenters. The molecule has 1 aromatic carbocycles. The lowest BCUT2D eigenvalue weighted by molar-refractivity contribution is -0.383. The van der Waals surface area contributed by atoms with Crippen molar-refractivity contribution >= 4 is 22.4 Å². The number of nitro benzene ring substituents is 1. The molecule has 0 bridgehead atoms. The summed E-state index contributed by atoms with van der Waals surface area (Å²) in [4.78, 5) is 10.1. The predicted octanol–water partition coefficient (Wildman–Crippen LogP) is 1.14. The molecule has 0 spiro atoms. The largest absolute Gasteiger partial charge is 0.377 e. The van der Waals surface area contributed by atoms with E-state index in [1.165, 1.54) is 6.07 Å². The first-order valence-corrected chi connectivity index (χ1v) is 5.16. The average molecular weight is 273 g/mol. The van der Waals surface area contributed by atoms with Gasteiger partial charge in [0.2, 0.25) is 5.52 Å². The second-order valence-corrected chi connectivity index (χ2v) is 3.76. The van der Waals surface area contributed by atoms with Crippen LogP contribution in [0.4, 0.5) is 20.2 Å². The number of non-ortho nitro benzene ring substituents is 1. The number of nitrogens with one attached hydrogen (secondary N) is 1. The molecule has 0 saturated carbocycles. The summed E-state index contributed by atoms with van der Waals surface area (Å²) >= 11 is 0. The number of fused-ring (bicyclic) bond motifs is 1. The van der Waals surface area contributed by atoms with Crippen LogP contribution in [-0.4, -0.2) is 34.2 Å². The van der Waals surface area contributed by atoms with Gasteiger partial charge >= 0.3 is 5.69 Å². The minimum atomic E-state index is -3.09. The third-order valence-corrected chi connectivity index (χ3v) is 2.43. The molecule has 0 unspecified atom stereocenters. The van der Waals surface area contributed by atoms with Gasteiger partial charge in [-0.2, -0.15) is 0 Å². The first-order chi connectivity index (χ1) is 8.94. The molecule has 0 aliphatic carbocycles. The third-order valence-electron chi connectivity index (χ3n) is 2.43. The monoisotopic (exact) mass is 273 g/mol. The lowest BCUT2D eigenvalue weighted by Crippen LogP contribution is -2.35. The van der Waals surface area contributed by atoms with E-state index in [0.717, 1.165) is 6.07 Å². The van der Waals surface area contributed by atoms with Crippen molar-refractivity contribution in [3.8, 4) is 0 Å². The Morgan fingerprint density at radius 3 is 2.74 bits per heavy atom. The highest BCUT2D eigenvalue weighted by molar-refractivity contribution is 5.93. The Labute approximate surface area is 104 Å². The van der Waals surface area contributed by atoms with Crippen LogP contribution in [-0.2, 0) is 0 Å². The van der Waals surface area contributed by atoms with Crippen molar-refractivity contribution in [2.24, 2.45) is 5.73 Å². The van der Waals surface area contributed by atoms with Crippen molar-refractivity contribution in [2.75, 3.05) is 18.4 Å². The SMILES string of the molecule is NCC(F)(F)CNc1ccc([N+](=O)[O-])c2nonc12. The zero-order chi connectivity index (χ0) is 14.0. The van der Waals surface area contributed by atoms with Crippen molar-refractivity contribution in [2.45, 2.75) is 5.92 Å². The van der Waals surface area contributed by atoms with Crippen LogP contribution in [0.1, 0.15) is 0 Å². The van der Waals surface area contributed by atoms with Crippen LogP contribution in [0, 0.1) is 10.1 Å². The summed E-state index contributed by atoms with van der Waals surface area (Å²) in [5, 5.41) is 20.0. The summed E-state index contributed by atoms with van der Waals surface area (Å²) in [5.41, 5.74) is 4.66. The molecule has 19 heavy (non-hydrogen) atoms. The van der Waals surface area contributed by atoms with Crippen LogP contribution in [0.15, 0.2) is 16.8 Å². The van der Waals surface area contributed by atoms with E-state index in [4.69, 9.17) is 5.73 Å². The van der Waals surface area contributed by atoms with Gasteiger partial charge in [0.1, 0.15) is 0 Å². The molecule has 0 aliphatic rings. The number of nitrogens with zero attached hydrogens (tertiary/aromatic N) is 3. The van der Waals surface area contributed by atoms with Gasteiger partial charge < -0.3 is 11.1 Å². The van der Waals surface area contributed by atoms with Crippen LogP contribution >= 0.6 is 0 Å². The molecule has 102 valence electrons. The van der Waals surface area contributed by atoms with E-state index in [9.17, 15) is 18.9 Å². The quantitative estimate of drug-likeness (QED) is 0.618. The molecule has 0 radical (unpaired) electrons. The number of hydrogen-bond acceptors (Lipinski definition) is 7. The molecule has 8 nitrogen and oxygen atoms in total. The molecule has 0 aliphatic heterocycles. The fourth-order valence-corrected chi connectivity index (χ4v) is 1.44. The number of hydrogen-bond donors (Lipinski definition) is 2. The van der Waals surface area contributed by atoms with Crippen LogP contribution in [0.5, 0.6) is 0 Å². The summed E-state index contributed by atoms with van der Waals surface area (Å²) in [7, 11) is 0. The smallest absolute Gasteiger partial charge is 0.300 e. The molecule has 0 saturated heterocycles. The highest BCUT2D eigenvalue weighted by Crippen LogP contribution is 2.29. The molecule has 3 N–H and O–H groups in total. The molecule has 0 amide bonds. The second kappa shape index (κ2) is 4.72. The Morgan fingerprint density at radius 1 is 1.42 bits per heavy atom. The molecule has 2 aromatic rings. The lowest BCUT2D eigenvalue weighted by atomic mass is 10.2. The van der Waals surface area contributed by atoms with Crippen molar-refractivity contribution in [3.05, 3.63) is 22.2 Å². The van der Waals surface area contributed by atoms with Crippen LogP contribution in [0.2, 0.25) is 0 Å². The van der Waals surface area contributed by atoms with Gasteiger partial charge in [-0.15, -0.1) is 0 Å². The van der Waals surface area contributed by atoms with E-state index in [2.05, 4.69) is 20.3 Å². The van der Waals surface area contributed by atoms with Gasteiger partial charge in [-0.05, 0) is 16.4 Å². The Morgan fingerprint density at radius 2 is 2.11 bits per heavy atom. The average Bonchev–Trinajstić information content (AvgIpc) is 2.84. The van der Waals surface area contributed by atoms with Gasteiger partial charge in [-0.1, -0.05) is 0 Å². The fraction of sp³-hybridized carbons (Fsp3) is 0.333. The number of halogens is 2. The summed E-state index contributed by atoms with van der Waals surface area (Å²) in [6, 6.07) is 2.40. The summed E-state index contributed by atoms with van der Waals surface area (Å²) < 4.78 is 30.4. The first-order valence-electron chi connectivity index (χ1n) is 5.16. The van der Waals surface area contributed by atoms with Crippen molar-refractivity contribution in [1.29, 1.82) is 0 Å². The zero-order valence-electron chi connectivity index (χ0n) is 9.47. The Balaban J connectivity index is 2.33.